The van der Waals surface area contributed by atoms with Crippen molar-refractivity contribution in [1.29, 1.82) is 0 Å². The second-order valence-corrected chi connectivity index (χ2v) is 9.03. The maximum absolute atomic E-state index is 6.47. The first-order valence-electron chi connectivity index (χ1n) is 8.70. The Kier molecular flexibility index (Phi) is 6.50. The van der Waals surface area contributed by atoms with Crippen LogP contribution in [0.1, 0.15) is 0 Å². The highest BCUT2D eigenvalue weighted by Gasteiger charge is 2.15. The molecule has 1 heterocycles. The van der Waals surface area contributed by atoms with Crippen LogP contribution in [0, 0.1) is 0 Å². The highest BCUT2D eigenvalue weighted by Crippen LogP contribution is 2.38. The smallest absolute Gasteiger partial charge is 0.0730 e. The summed E-state index contributed by atoms with van der Waals surface area (Å²) in [5, 5.41) is 3.14. The maximum atomic E-state index is 6.47. The number of rotatable bonds is 3. The van der Waals surface area contributed by atoms with E-state index in [1.807, 2.05) is 30.3 Å². The predicted octanol–water partition coefficient (Wildman–Crippen LogP) is 10.0. The molecule has 3 aromatic carbocycles. The Morgan fingerprint density at radius 3 is 1.17 bits per heavy atom. The molecule has 0 aliphatic heterocycles. The van der Waals surface area contributed by atoms with Crippen LogP contribution in [-0.4, -0.2) is 4.98 Å². The quantitative estimate of drug-likeness (QED) is 0.265. The SMILES string of the molecule is Clc1ccc(-c2cc(-c3ccc(Cl)cc3Cl)nc(-c3ccc(Cl)cc3Cl)c2)c(Cl)c1. The summed E-state index contributed by atoms with van der Waals surface area (Å²) in [7, 11) is 0. The number of pyridine rings is 1. The molecule has 0 saturated carbocycles. The monoisotopic (exact) mass is 511 g/mol. The lowest BCUT2D eigenvalue weighted by atomic mass is 10.00. The van der Waals surface area contributed by atoms with E-state index in [0.717, 1.165) is 22.3 Å². The van der Waals surface area contributed by atoms with Gasteiger partial charge in [0.05, 0.1) is 21.4 Å². The van der Waals surface area contributed by atoms with Crippen LogP contribution in [0.15, 0.2) is 66.7 Å². The fourth-order valence-electron chi connectivity index (χ4n) is 3.08. The van der Waals surface area contributed by atoms with Crippen LogP contribution in [0.2, 0.25) is 30.1 Å². The van der Waals surface area contributed by atoms with E-state index in [1.165, 1.54) is 0 Å². The standard InChI is InChI=1S/C23H11Cl6N/c24-13-1-4-16(19(27)9-13)12-7-22(17-5-2-14(25)10-20(17)28)30-23(8-12)18-6-3-15(26)11-21(18)29/h1-11H. The number of benzene rings is 3. The van der Waals surface area contributed by atoms with E-state index in [0.29, 0.717) is 41.5 Å². The minimum atomic E-state index is 0.488. The third-order valence-electron chi connectivity index (χ3n) is 4.48. The lowest BCUT2D eigenvalue weighted by Crippen LogP contribution is -1.93. The Bertz CT molecular complexity index is 1100. The maximum Gasteiger partial charge on any atom is 0.0730 e. The third kappa shape index (κ3) is 4.57. The van der Waals surface area contributed by atoms with Crippen LogP contribution >= 0.6 is 69.6 Å². The van der Waals surface area contributed by atoms with E-state index in [-0.39, 0.29) is 0 Å². The molecule has 7 heteroatoms. The zero-order valence-electron chi connectivity index (χ0n) is 15.1. The van der Waals surface area contributed by atoms with Crippen molar-refractivity contribution in [2.24, 2.45) is 0 Å². The van der Waals surface area contributed by atoms with E-state index in [2.05, 4.69) is 0 Å². The second kappa shape index (κ2) is 8.96. The minimum absolute atomic E-state index is 0.488. The first-order chi connectivity index (χ1) is 14.3. The summed E-state index contributed by atoms with van der Waals surface area (Å²) in [5.41, 5.74) is 4.43. The van der Waals surface area contributed by atoms with Crippen molar-refractivity contribution in [3.05, 3.63) is 96.9 Å². The van der Waals surface area contributed by atoms with Gasteiger partial charge in [0, 0.05) is 36.8 Å². The number of nitrogens with zero attached hydrogens (tertiary/aromatic N) is 1. The molecule has 1 nitrogen and oxygen atoms in total. The Labute approximate surface area is 204 Å². The summed E-state index contributed by atoms with van der Waals surface area (Å²) in [5.74, 6) is 0. The minimum Gasteiger partial charge on any atom is -0.248 e. The van der Waals surface area contributed by atoms with Crippen LogP contribution in [0.4, 0.5) is 0 Å². The van der Waals surface area contributed by atoms with Crippen molar-refractivity contribution in [1.82, 2.24) is 4.98 Å². The zero-order valence-corrected chi connectivity index (χ0v) is 19.6. The van der Waals surface area contributed by atoms with Gasteiger partial charge in [-0.2, -0.15) is 0 Å². The number of hydrogen-bond donors (Lipinski definition) is 0. The molecule has 0 aliphatic rings. The van der Waals surface area contributed by atoms with Gasteiger partial charge >= 0.3 is 0 Å². The fraction of sp³-hybridized carbons (Fsp3) is 0. The van der Waals surface area contributed by atoms with Crippen molar-refractivity contribution in [2.75, 3.05) is 0 Å². The summed E-state index contributed by atoms with van der Waals surface area (Å²) >= 11 is 37.6. The summed E-state index contributed by atoms with van der Waals surface area (Å²) < 4.78 is 0. The molecule has 4 aromatic rings. The molecule has 0 bridgehead atoms. The third-order valence-corrected chi connectivity index (χ3v) is 6.13. The molecule has 0 unspecified atom stereocenters. The lowest BCUT2D eigenvalue weighted by molar-refractivity contribution is 1.32. The Morgan fingerprint density at radius 2 is 0.800 bits per heavy atom. The van der Waals surface area contributed by atoms with Crippen molar-refractivity contribution in [3.63, 3.8) is 0 Å². The molecular weight excluding hydrogens is 503 g/mol. The first-order valence-corrected chi connectivity index (χ1v) is 11.0. The molecule has 30 heavy (non-hydrogen) atoms. The predicted molar refractivity (Wildman–Crippen MR) is 131 cm³/mol. The van der Waals surface area contributed by atoms with Crippen LogP contribution in [0.25, 0.3) is 33.6 Å². The van der Waals surface area contributed by atoms with Gasteiger partial charge in [-0.1, -0.05) is 75.7 Å². The molecule has 0 fully saturated rings. The second-order valence-electron chi connectivity index (χ2n) is 6.50. The van der Waals surface area contributed by atoms with Gasteiger partial charge in [-0.15, -0.1) is 0 Å². The fourth-order valence-corrected chi connectivity index (χ4v) is 4.61. The largest absolute Gasteiger partial charge is 0.248 e. The number of aromatic nitrogens is 1. The number of hydrogen-bond acceptors (Lipinski definition) is 1. The molecule has 0 radical (unpaired) electrons. The van der Waals surface area contributed by atoms with Crippen molar-refractivity contribution < 1.29 is 0 Å². The first kappa shape index (κ1) is 21.8. The van der Waals surface area contributed by atoms with E-state index in [4.69, 9.17) is 74.6 Å². The summed E-state index contributed by atoms with van der Waals surface area (Å²) in [4.78, 5) is 4.80. The Balaban J connectivity index is 1.98. The van der Waals surface area contributed by atoms with Gasteiger partial charge in [0.15, 0.2) is 0 Å². The topological polar surface area (TPSA) is 12.9 Å². The van der Waals surface area contributed by atoms with Gasteiger partial charge in [0.2, 0.25) is 0 Å². The van der Waals surface area contributed by atoms with Gasteiger partial charge in [0.25, 0.3) is 0 Å². The van der Waals surface area contributed by atoms with E-state index in [1.54, 1.807) is 36.4 Å². The van der Waals surface area contributed by atoms with Gasteiger partial charge in [-0.05, 0) is 66.2 Å². The molecule has 1 aromatic heterocycles. The lowest BCUT2D eigenvalue weighted by Gasteiger charge is -2.13. The average Bonchev–Trinajstić information content (AvgIpc) is 2.67. The van der Waals surface area contributed by atoms with Gasteiger partial charge in [-0.25, -0.2) is 4.98 Å². The number of halogens is 6. The highest BCUT2D eigenvalue weighted by atomic mass is 35.5. The van der Waals surface area contributed by atoms with Crippen LogP contribution in [0.5, 0.6) is 0 Å². The highest BCUT2D eigenvalue weighted by molar-refractivity contribution is 6.38. The summed E-state index contributed by atoms with van der Waals surface area (Å²) in [6.45, 7) is 0. The van der Waals surface area contributed by atoms with Gasteiger partial charge in [0.1, 0.15) is 0 Å². The molecule has 0 aliphatic carbocycles. The van der Waals surface area contributed by atoms with Crippen LogP contribution in [0.3, 0.4) is 0 Å². The van der Waals surface area contributed by atoms with E-state index < -0.39 is 0 Å². The molecular formula is C23H11Cl6N. The normalized spacial score (nSPS) is 11.0. The molecule has 0 atom stereocenters. The molecule has 0 N–H and O–H groups in total. The van der Waals surface area contributed by atoms with Crippen LogP contribution in [-0.2, 0) is 0 Å². The molecule has 4 rings (SSSR count). The van der Waals surface area contributed by atoms with Crippen molar-refractivity contribution in [2.45, 2.75) is 0 Å². The van der Waals surface area contributed by atoms with E-state index >= 15 is 0 Å². The Morgan fingerprint density at radius 1 is 0.433 bits per heavy atom. The molecule has 0 saturated heterocycles. The molecule has 150 valence electrons. The van der Waals surface area contributed by atoms with Gasteiger partial charge < -0.3 is 0 Å². The molecule has 0 spiro atoms. The van der Waals surface area contributed by atoms with Crippen molar-refractivity contribution in [3.8, 4) is 33.6 Å². The van der Waals surface area contributed by atoms with Gasteiger partial charge in [-0.3, -0.25) is 0 Å². The summed E-state index contributed by atoms with van der Waals surface area (Å²) in [6.07, 6.45) is 0. The zero-order chi connectivity index (χ0) is 21.4. The average molecular weight is 514 g/mol. The van der Waals surface area contributed by atoms with Crippen LogP contribution < -0.4 is 0 Å². The van der Waals surface area contributed by atoms with Crippen molar-refractivity contribution >= 4 is 69.6 Å². The summed E-state index contributed by atoms with van der Waals surface area (Å²) in [6, 6.07) is 19.7. The van der Waals surface area contributed by atoms with E-state index in [9.17, 15) is 0 Å². The Hall–Kier alpha value is -1.45. The molecule has 0 amide bonds.